The number of hydrogen-bond donors (Lipinski definition) is 0. The molecule has 0 bridgehead atoms. The molecular weight excluding hydrogens is 328 g/mol. The van der Waals surface area contributed by atoms with Crippen LogP contribution >= 0.6 is 8.25 Å². The third kappa shape index (κ3) is 4.45. The van der Waals surface area contributed by atoms with Crippen LogP contribution in [0.1, 0.15) is 25.7 Å². The first-order valence-corrected chi connectivity index (χ1v) is 10.1. The van der Waals surface area contributed by atoms with Gasteiger partial charge in [0.15, 0.2) is 0 Å². The van der Waals surface area contributed by atoms with Gasteiger partial charge >= 0.3 is 33.1 Å². The molecule has 0 radical (unpaired) electrons. The van der Waals surface area contributed by atoms with Gasteiger partial charge in [0.2, 0.25) is 0 Å². The predicted octanol–water partition coefficient (Wildman–Crippen LogP) is 2.16. The van der Waals surface area contributed by atoms with E-state index < -0.39 is 0 Å². The number of rotatable bonds is 0. The van der Waals surface area contributed by atoms with Gasteiger partial charge in [-0.1, -0.05) is 25.7 Å². The summed E-state index contributed by atoms with van der Waals surface area (Å²) in [6.45, 7) is 0. The molecule has 0 aromatic heterocycles. The van der Waals surface area contributed by atoms with Gasteiger partial charge < -0.3 is 12.6 Å². The molecule has 1 fully saturated rings. The Bertz CT molecular complexity index is 45.7. The van der Waals surface area contributed by atoms with Crippen molar-refractivity contribution in [1.82, 2.24) is 0 Å². The molecule has 0 atom stereocenters. The molecule has 1 aliphatic carbocycles. The minimum Gasteiger partial charge on any atom is -0.789 e. The zero-order valence-corrected chi connectivity index (χ0v) is 12.0. The Morgan fingerprint density at radius 3 is 1.75 bits per heavy atom. The van der Waals surface area contributed by atoms with Gasteiger partial charge in [0, 0.05) is 0 Å². The Balaban J connectivity index is 0.000000222. The Kier molecular flexibility index (Phi) is 8.01. The largest absolute Gasteiger partial charge is 0.789 e. The summed E-state index contributed by atoms with van der Waals surface area (Å²) in [5.41, 5.74) is 0. The Morgan fingerprint density at radius 2 is 1.62 bits per heavy atom. The fourth-order valence-electron chi connectivity index (χ4n) is 0.888. The Hall–Kier alpha value is 1.58. The van der Waals surface area contributed by atoms with Gasteiger partial charge in [0.25, 0.3) is 0 Å². The normalized spacial score (nSPS) is 20.0. The second kappa shape index (κ2) is 6.69. The second-order valence-electron chi connectivity index (χ2n) is 1.91. The van der Waals surface area contributed by atoms with Crippen molar-refractivity contribution in [3.8, 4) is 0 Å². The molecule has 8 heavy (non-hydrogen) atoms. The van der Waals surface area contributed by atoms with Crippen LogP contribution in [0.4, 0.5) is 0 Å². The third-order valence-corrected chi connectivity index (χ3v) is 1.77. The van der Waals surface area contributed by atoms with Crippen molar-refractivity contribution < 1.29 is 24.9 Å². The van der Waals surface area contributed by atoms with Gasteiger partial charge in [-0.15, -0.1) is 0 Å². The third-order valence-electron chi connectivity index (χ3n) is 1.30. The van der Waals surface area contributed by atoms with Crippen molar-refractivity contribution in [1.29, 1.82) is 0 Å². The molecule has 0 aliphatic heterocycles. The minimum absolute atomic E-state index is 0.500. The summed E-state index contributed by atoms with van der Waals surface area (Å²) in [5, 5.41) is 0.630. The minimum atomic E-state index is 0.500. The smallest absolute Gasteiger partial charge is 0.0549 e. The van der Waals surface area contributed by atoms with Crippen molar-refractivity contribution in [3.63, 3.8) is 0 Å². The first-order chi connectivity index (χ1) is 3.89. The van der Waals surface area contributed by atoms with Crippen LogP contribution in [0.25, 0.3) is 0 Å². The standard InChI is InChI=1S/C5H10S.ClH.Hg/c6-5-3-1-2-4-5;;/h5-6H,1-4H2;1H;/q;;+2/p-2. The van der Waals surface area contributed by atoms with Crippen molar-refractivity contribution in [2.45, 2.75) is 30.9 Å². The van der Waals surface area contributed by atoms with E-state index in [-0.39, 0.29) is 0 Å². The van der Waals surface area contributed by atoms with Gasteiger partial charge in [0.05, 0.1) is 0 Å². The molecule has 0 saturated heterocycles. The average molecular weight is 337 g/mol. The zero-order chi connectivity index (χ0) is 6.41. The van der Waals surface area contributed by atoms with Crippen LogP contribution in [-0.4, -0.2) is 5.25 Å². The van der Waals surface area contributed by atoms with Crippen molar-refractivity contribution in [2.24, 2.45) is 0 Å². The molecular formula is C5H9ClHgS. The summed E-state index contributed by atoms with van der Waals surface area (Å²) in [6, 6.07) is 0. The average Bonchev–Trinajstić information content (AvgIpc) is 2.24. The topological polar surface area (TPSA) is 0 Å². The van der Waals surface area contributed by atoms with Crippen molar-refractivity contribution in [3.05, 3.63) is 0 Å². The van der Waals surface area contributed by atoms with Crippen LogP contribution in [0.5, 0.6) is 0 Å². The molecule has 0 spiro atoms. The fraction of sp³-hybridized carbons (Fsp3) is 1.00. The van der Waals surface area contributed by atoms with Crippen LogP contribution < -0.4 is 0 Å². The molecule has 1 aliphatic rings. The summed E-state index contributed by atoms with van der Waals surface area (Å²) < 4.78 is 0. The molecule has 44 valence electrons. The quantitative estimate of drug-likeness (QED) is 0.482. The number of halogens is 1. The van der Waals surface area contributed by atoms with E-state index in [0.29, 0.717) is 30.1 Å². The van der Waals surface area contributed by atoms with Gasteiger partial charge in [-0.05, 0) is 0 Å². The predicted molar refractivity (Wildman–Crippen MR) is 35.5 cm³/mol. The van der Waals surface area contributed by atoms with Gasteiger partial charge in [0.1, 0.15) is 0 Å². The maximum Gasteiger partial charge on any atom is -0.0549 e. The SMILES string of the molecule is [Cl][Hg+].[S-]C1CCCC1. The van der Waals surface area contributed by atoms with E-state index in [1.165, 1.54) is 25.7 Å². The van der Waals surface area contributed by atoms with E-state index in [2.05, 4.69) is 0 Å². The summed E-state index contributed by atoms with van der Waals surface area (Å²) >= 11 is 5.50. The van der Waals surface area contributed by atoms with Crippen molar-refractivity contribution in [2.75, 3.05) is 0 Å². The summed E-state index contributed by atoms with van der Waals surface area (Å²) in [6.07, 6.45) is 5.37. The molecule has 0 unspecified atom stereocenters. The maximum absolute atomic E-state index is 5.00. The van der Waals surface area contributed by atoms with E-state index in [9.17, 15) is 0 Å². The van der Waals surface area contributed by atoms with Crippen LogP contribution in [0.2, 0.25) is 0 Å². The monoisotopic (exact) mass is 338 g/mol. The summed E-state index contributed by atoms with van der Waals surface area (Å²) in [4.78, 5) is 0. The zero-order valence-electron chi connectivity index (χ0n) is 4.90. The summed E-state index contributed by atoms with van der Waals surface area (Å²) in [7, 11) is 4.83. The second-order valence-corrected chi connectivity index (χ2v) is 2.57. The molecule has 0 N–H and O–H groups in total. The van der Waals surface area contributed by atoms with E-state index in [0.717, 1.165) is 0 Å². The molecule has 1 saturated carbocycles. The van der Waals surface area contributed by atoms with Crippen LogP contribution in [0, 0.1) is 0 Å². The van der Waals surface area contributed by atoms with Gasteiger partial charge in [-0.3, -0.25) is 0 Å². The Labute approximate surface area is 76.2 Å². The molecule has 1 rings (SSSR count). The molecule has 0 aromatic carbocycles. The summed E-state index contributed by atoms with van der Waals surface area (Å²) in [5.74, 6) is 0. The van der Waals surface area contributed by atoms with E-state index in [1.807, 2.05) is 0 Å². The Morgan fingerprint density at radius 1 is 1.25 bits per heavy atom. The molecule has 3 heteroatoms. The molecule has 0 heterocycles. The van der Waals surface area contributed by atoms with E-state index in [1.54, 1.807) is 0 Å². The number of hydrogen-bond acceptors (Lipinski definition) is 1. The van der Waals surface area contributed by atoms with E-state index >= 15 is 0 Å². The van der Waals surface area contributed by atoms with Gasteiger partial charge in [-0.2, -0.15) is 5.25 Å². The van der Waals surface area contributed by atoms with Crippen molar-refractivity contribution >= 4 is 20.9 Å². The van der Waals surface area contributed by atoms with Gasteiger partial charge in [-0.25, -0.2) is 0 Å². The first-order valence-electron chi connectivity index (χ1n) is 2.82. The van der Waals surface area contributed by atoms with Crippen LogP contribution in [0.3, 0.4) is 0 Å². The fourth-order valence-corrected chi connectivity index (χ4v) is 1.22. The maximum atomic E-state index is 5.00. The van der Waals surface area contributed by atoms with Crippen LogP contribution in [0.15, 0.2) is 0 Å². The van der Waals surface area contributed by atoms with E-state index in [4.69, 9.17) is 20.9 Å². The molecule has 0 amide bonds. The first kappa shape index (κ1) is 9.58. The molecule has 0 nitrogen and oxygen atoms in total. The van der Waals surface area contributed by atoms with Crippen LogP contribution in [-0.2, 0) is 37.5 Å². The molecule has 0 aromatic rings.